The number of hydrogen-bond acceptors (Lipinski definition) is 4. The molecule has 0 bridgehead atoms. The van der Waals surface area contributed by atoms with Gasteiger partial charge in [0.05, 0.1) is 36.7 Å². The van der Waals surface area contributed by atoms with E-state index in [1.165, 1.54) is 19.5 Å². The number of ether oxygens (including phenoxy) is 1. The van der Waals surface area contributed by atoms with Crippen molar-refractivity contribution in [3.8, 4) is 0 Å². The van der Waals surface area contributed by atoms with E-state index in [4.69, 9.17) is 11.3 Å². The van der Waals surface area contributed by atoms with Crippen LogP contribution in [-0.2, 0) is 11.3 Å². The topological polar surface area (TPSA) is 60.5 Å². The lowest BCUT2D eigenvalue weighted by atomic mass is 10.1. The molecule has 138 valence electrons. The summed E-state index contributed by atoms with van der Waals surface area (Å²) in [5.41, 5.74) is 2.18. The van der Waals surface area contributed by atoms with Gasteiger partial charge in [-0.1, -0.05) is 15.9 Å². The number of methoxy groups -OCH3 is 1. The summed E-state index contributed by atoms with van der Waals surface area (Å²) < 4.78 is 22.6. The van der Waals surface area contributed by atoms with Gasteiger partial charge in [0, 0.05) is 10.2 Å². The largest absolute Gasteiger partial charge is 0.465 e. The summed E-state index contributed by atoms with van der Waals surface area (Å²) in [7, 11) is 1.25. The Morgan fingerprint density at radius 1 is 1.44 bits per heavy atom. The van der Waals surface area contributed by atoms with Crippen molar-refractivity contribution in [3.05, 3.63) is 63.4 Å². The molecule has 6 nitrogen and oxygen atoms in total. The van der Waals surface area contributed by atoms with E-state index in [9.17, 15) is 4.79 Å². The third-order valence-electron chi connectivity index (χ3n) is 4.16. The van der Waals surface area contributed by atoms with Crippen molar-refractivity contribution in [2.45, 2.75) is 13.5 Å². The Labute approximate surface area is 163 Å². The molecule has 0 saturated heterocycles. The Morgan fingerprint density at radius 2 is 2.22 bits per heavy atom. The second kappa shape index (κ2) is 7.76. The van der Waals surface area contributed by atoms with Crippen molar-refractivity contribution in [1.29, 1.82) is 0 Å². The van der Waals surface area contributed by atoms with Crippen LogP contribution in [0.4, 0.5) is 15.8 Å². The third-order valence-corrected chi connectivity index (χ3v) is 4.66. The number of halogens is 2. The predicted octanol–water partition coefficient (Wildman–Crippen LogP) is 4.70. The average Bonchev–Trinajstić information content (AvgIpc) is 3.06. The summed E-state index contributed by atoms with van der Waals surface area (Å²) in [6.45, 7) is 9.39. The zero-order valence-corrected chi connectivity index (χ0v) is 16.3. The van der Waals surface area contributed by atoms with Crippen LogP contribution in [0, 0.1) is 19.3 Å². The van der Waals surface area contributed by atoms with E-state index in [0.29, 0.717) is 17.7 Å². The fourth-order valence-corrected chi connectivity index (χ4v) is 3.26. The molecule has 0 saturated carbocycles. The molecular weight excluding hydrogens is 415 g/mol. The second-order valence-corrected chi connectivity index (χ2v) is 6.79. The third kappa shape index (κ3) is 3.64. The van der Waals surface area contributed by atoms with Gasteiger partial charge in [-0.3, -0.25) is 0 Å². The molecule has 27 heavy (non-hydrogen) atoms. The average molecular weight is 431 g/mol. The fraction of sp³-hybridized carbons (Fsp3) is 0.211. The summed E-state index contributed by atoms with van der Waals surface area (Å²) in [4.78, 5) is 19.7. The van der Waals surface area contributed by atoms with Gasteiger partial charge in [0.15, 0.2) is 5.82 Å². The van der Waals surface area contributed by atoms with Gasteiger partial charge in [-0.25, -0.2) is 20.7 Å². The first-order valence-electron chi connectivity index (χ1n) is 8.08. The Hall–Kier alpha value is -2.92. The number of fused-ring (bicyclic) bond motifs is 1. The van der Waals surface area contributed by atoms with E-state index in [0.717, 1.165) is 10.0 Å². The number of carbonyl (C=O) groups excluding carboxylic acids is 1. The highest BCUT2D eigenvalue weighted by atomic mass is 79.9. The van der Waals surface area contributed by atoms with Crippen LogP contribution in [0.2, 0.25) is 0 Å². The number of carbonyl (C=O) groups is 1. The standard InChI is InChI=1S/C19H16BrFN4O2/c1-11-8-12(20)4-5-14(11)24-17-13(19(26)27-3)9-15-18(16(17)21)23-10-25(15)7-6-22-2/h4-5,8-10,24H,6-7H2,1,3H3. The maximum atomic E-state index is 15.2. The molecular formula is C19H16BrFN4O2. The van der Waals surface area contributed by atoms with E-state index >= 15 is 4.39 Å². The summed E-state index contributed by atoms with van der Waals surface area (Å²) in [5, 5.41) is 3.00. The maximum absolute atomic E-state index is 15.2. The van der Waals surface area contributed by atoms with Crippen molar-refractivity contribution in [3.63, 3.8) is 0 Å². The molecule has 0 atom stereocenters. The van der Waals surface area contributed by atoms with Crippen molar-refractivity contribution >= 4 is 44.3 Å². The Kier molecular flexibility index (Phi) is 5.42. The van der Waals surface area contributed by atoms with Gasteiger partial charge in [0.25, 0.3) is 0 Å². The number of rotatable bonds is 5. The molecule has 0 aliphatic carbocycles. The van der Waals surface area contributed by atoms with Crippen LogP contribution in [0.1, 0.15) is 15.9 Å². The summed E-state index contributed by atoms with van der Waals surface area (Å²) >= 11 is 3.39. The number of aromatic nitrogens is 2. The molecule has 2 aromatic carbocycles. The highest BCUT2D eigenvalue weighted by Gasteiger charge is 2.23. The molecule has 1 aromatic heterocycles. The monoisotopic (exact) mass is 430 g/mol. The molecule has 0 aliphatic heterocycles. The van der Waals surface area contributed by atoms with Crippen LogP contribution in [0.5, 0.6) is 0 Å². The van der Waals surface area contributed by atoms with Crippen LogP contribution >= 0.6 is 15.9 Å². The molecule has 0 aliphatic rings. The van der Waals surface area contributed by atoms with E-state index in [-0.39, 0.29) is 23.3 Å². The van der Waals surface area contributed by atoms with Crippen LogP contribution in [0.25, 0.3) is 15.9 Å². The van der Waals surface area contributed by atoms with Gasteiger partial charge in [0.1, 0.15) is 5.52 Å². The van der Waals surface area contributed by atoms with Gasteiger partial charge in [-0.2, -0.15) is 0 Å². The zero-order valence-electron chi connectivity index (χ0n) is 14.7. The highest BCUT2D eigenvalue weighted by molar-refractivity contribution is 9.10. The lowest BCUT2D eigenvalue weighted by Crippen LogP contribution is -2.09. The van der Waals surface area contributed by atoms with Crippen molar-refractivity contribution < 1.29 is 13.9 Å². The van der Waals surface area contributed by atoms with E-state index < -0.39 is 11.8 Å². The van der Waals surface area contributed by atoms with Crippen LogP contribution in [0.15, 0.2) is 35.1 Å². The second-order valence-electron chi connectivity index (χ2n) is 5.88. The summed E-state index contributed by atoms with van der Waals surface area (Å²) in [5.74, 6) is -1.30. The van der Waals surface area contributed by atoms with Crippen molar-refractivity contribution in [1.82, 2.24) is 9.55 Å². The first kappa shape index (κ1) is 18.9. The van der Waals surface area contributed by atoms with E-state index in [2.05, 4.69) is 31.1 Å². The number of benzene rings is 2. The number of hydrogen-bond donors (Lipinski definition) is 1. The number of imidazole rings is 1. The van der Waals surface area contributed by atoms with Gasteiger partial charge in [-0.15, -0.1) is 0 Å². The molecule has 1 heterocycles. The van der Waals surface area contributed by atoms with Gasteiger partial charge in [0.2, 0.25) is 6.54 Å². The molecule has 0 unspecified atom stereocenters. The number of anilines is 2. The summed E-state index contributed by atoms with van der Waals surface area (Å²) in [6, 6.07) is 7.04. The lowest BCUT2D eigenvalue weighted by molar-refractivity contribution is 0.0601. The number of aryl methyl sites for hydroxylation is 1. The molecule has 0 radical (unpaired) electrons. The molecule has 3 aromatic rings. The molecule has 3 rings (SSSR count). The van der Waals surface area contributed by atoms with Crippen molar-refractivity contribution in [2.75, 3.05) is 19.0 Å². The first-order valence-corrected chi connectivity index (χ1v) is 8.87. The van der Waals surface area contributed by atoms with Crippen LogP contribution in [0.3, 0.4) is 0 Å². The normalized spacial score (nSPS) is 10.6. The minimum Gasteiger partial charge on any atom is -0.465 e. The van der Waals surface area contributed by atoms with E-state index in [1.54, 1.807) is 10.6 Å². The SMILES string of the molecule is [C-]#[N+]CCn1cnc2c(F)c(Nc3ccc(Br)cc3C)c(C(=O)OC)cc21. The number of nitrogens with one attached hydrogen (secondary N) is 1. The maximum Gasteiger partial charge on any atom is 0.340 e. The minimum absolute atomic E-state index is 0.00945. The Balaban J connectivity index is 2.17. The van der Waals surface area contributed by atoms with E-state index in [1.807, 2.05) is 19.1 Å². The molecule has 8 heteroatoms. The lowest BCUT2D eigenvalue weighted by Gasteiger charge is -2.15. The quantitative estimate of drug-likeness (QED) is 0.470. The van der Waals surface area contributed by atoms with Crippen LogP contribution in [-0.4, -0.2) is 29.2 Å². The minimum atomic E-state index is -0.661. The Bertz CT molecular complexity index is 1070. The van der Waals surface area contributed by atoms with Crippen molar-refractivity contribution in [2.24, 2.45) is 0 Å². The Morgan fingerprint density at radius 3 is 2.89 bits per heavy atom. The summed E-state index contributed by atoms with van der Waals surface area (Å²) in [6.07, 6.45) is 1.47. The predicted molar refractivity (Wildman–Crippen MR) is 105 cm³/mol. The molecule has 1 N–H and O–H groups in total. The first-order chi connectivity index (χ1) is 13.0. The van der Waals surface area contributed by atoms with Gasteiger partial charge >= 0.3 is 5.97 Å². The highest BCUT2D eigenvalue weighted by Crippen LogP contribution is 2.33. The fourth-order valence-electron chi connectivity index (χ4n) is 2.79. The van der Waals surface area contributed by atoms with Gasteiger partial charge < -0.3 is 19.5 Å². The smallest absolute Gasteiger partial charge is 0.340 e. The number of esters is 1. The molecule has 0 amide bonds. The number of nitrogens with zero attached hydrogens (tertiary/aromatic N) is 3. The molecule has 0 spiro atoms. The van der Waals surface area contributed by atoms with Gasteiger partial charge in [-0.05, 0) is 36.8 Å². The zero-order chi connectivity index (χ0) is 19.6. The molecule has 0 fully saturated rings. The van der Waals surface area contributed by atoms with Crippen LogP contribution < -0.4 is 5.32 Å².